The van der Waals surface area contributed by atoms with Crippen molar-refractivity contribution in [2.75, 3.05) is 14.2 Å². The van der Waals surface area contributed by atoms with E-state index in [1.807, 2.05) is 48.0 Å². The summed E-state index contributed by atoms with van der Waals surface area (Å²) in [6.07, 6.45) is 5.90. The minimum atomic E-state index is 0.698. The van der Waals surface area contributed by atoms with E-state index in [4.69, 9.17) is 9.47 Å². The molecule has 0 atom stereocenters. The largest absolute Gasteiger partial charge is 0.497 e. The van der Waals surface area contributed by atoms with Gasteiger partial charge in [-0.1, -0.05) is 11.3 Å². The molecule has 110 valence electrons. The summed E-state index contributed by atoms with van der Waals surface area (Å²) in [5, 5.41) is 6.54. The van der Waals surface area contributed by atoms with Gasteiger partial charge in [-0.05, 0) is 42.5 Å². The zero-order valence-corrected chi connectivity index (χ0v) is 13.3. The van der Waals surface area contributed by atoms with Crippen molar-refractivity contribution in [1.29, 1.82) is 0 Å². The molecule has 5 heteroatoms. The van der Waals surface area contributed by atoms with E-state index in [0.29, 0.717) is 6.54 Å². The molecule has 0 spiro atoms. The quantitative estimate of drug-likeness (QED) is 0.607. The minimum absolute atomic E-state index is 0.698. The SMILES string of the molecule is C=CC[n+]1nc(C)sc1C=Cc1ccc(OC)cc1OC. The molecule has 0 aliphatic rings. The van der Waals surface area contributed by atoms with Gasteiger partial charge in [-0.2, -0.15) is 0 Å². The monoisotopic (exact) mass is 303 g/mol. The van der Waals surface area contributed by atoms with Crippen molar-refractivity contribution < 1.29 is 14.2 Å². The van der Waals surface area contributed by atoms with Gasteiger partial charge in [0.25, 0.3) is 5.01 Å². The molecule has 0 N–H and O–H groups in total. The fraction of sp³-hybridized carbons (Fsp3) is 0.250. The van der Waals surface area contributed by atoms with Crippen LogP contribution in [0, 0.1) is 6.92 Å². The van der Waals surface area contributed by atoms with Gasteiger partial charge >= 0.3 is 0 Å². The van der Waals surface area contributed by atoms with E-state index in [1.54, 1.807) is 25.6 Å². The number of allylic oxidation sites excluding steroid dienone is 1. The van der Waals surface area contributed by atoms with Gasteiger partial charge in [0.05, 0.1) is 14.2 Å². The Labute approximate surface area is 129 Å². The molecule has 0 unspecified atom stereocenters. The third kappa shape index (κ3) is 3.70. The molecule has 0 saturated carbocycles. The Hall–Kier alpha value is -2.14. The van der Waals surface area contributed by atoms with Crippen LogP contribution >= 0.6 is 11.3 Å². The minimum Gasteiger partial charge on any atom is -0.497 e. The Kier molecular flexibility index (Phi) is 5.11. The molecule has 0 amide bonds. The average Bonchev–Trinajstić information content (AvgIpc) is 2.85. The first-order valence-electron chi connectivity index (χ1n) is 6.56. The molecule has 1 heterocycles. The molecule has 0 fully saturated rings. The van der Waals surface area contributed by atoms with Crippen molar-refractivity contribution in [2.45, 2.75) is 13.5 Å². The standard InChI is InChI=1S/C16H19N2O2S/c1-5-10-18-16(21-12(2)17-18)9-7-13-6-8-14(19-3)11-15(13)20-4/h5-9,11H,1,10H2,2-4H3/q+1. The summed E-state index contributed by atoms with van der Waals surface area (Å²) in [6.45, 7) is 6.45. The highest BCUT2D eigenvalue weighted by Gasteiger charge is 2.13. The van der Waals surface area contributed by atoms with Gasteiger partial charge < -0.3 is 9.47 Å². The van der Waals surface area contributed by atoms with Gasteiger partial charge in [-0.3, -0.25) is 0 Å². The number of benzene rings is 1. The smallest absolute Gasteiger partial charge is 0.289 e. The number of rotatable bonds is 6. The summed E-state index contributed by atoms with van der Waals surface area (Å²) in [5.74, 6) is 1.56. The highest BCUT2D eigenvalue weighted by molar-refractivity contribution is 7.11. The molecule has 4 nitrogen and oxygen atoms in total. The molecular weight excluding hydrogens is 284 g/mol. The third-order valence-corrected chi connectivity index (χ3v) is 3.85. The molecule has 21 heavy (non-hydrogen) atoms. The summed E-state index contributed by atoms with van der Waals surface area (Å²) < 4.78 is 12.5. The van der Waals surface area contributed by atoms with Crippen LogP contribution in [0.15, 0.2) is 30.9 Å². The van der Waals surface area contributed by atoms with E-state index < -0.39 is 0 Å². The lowest BCUT2D eigenvalue weighted by atomic mass is 10.2. The molecule has 0 aliphatic heterocycles. The average molecular weight is 303 g/mol. The molecule has 2 rings (SSSR count). The zero-order valence-electron chi connectivity index (χ0n) is 12.5. The number of hydrogen-bond acceptors (Lipinski definition) is 4. The van der Waals surface area contributed by atoms with E-state index in [2.05, 4.69) is 11.7 Å². The topological polar surface area (TPSA) is 35.2 Å². The molecule has 1 aromatic heterocycles. The Morgan fingerprint density at radius 1 is 1.29 bits per heavy atom. The van der Waals surface area contributed by atoms with Crippen molar-refractivity contribution in [3.8, 4) is 11.5 Å². The lowest BCUT2D eigenvalue weighted by molar-refractivity contribution is -0.741. The van der Waals surface area contributed by atoms with Crippen LogP contribution in [0.3, 0.4) is 0 Å². The third-order valence-electron chi connectivity index (χ3n) is 2.92. The summed E-state index contributed by atoms with van der Waals surface area (Å²) in [7, 11) is 3.30. The van der Waals surface area contributed by atoms with Gasteiger partial charge in [0.2, 0.25) is 0 Å². The summed E-state index contributed by atoms with van der Waals surface area (Å²) in [6, 6.07) is 5.76. The van der Waals surface area contributed by atoms with Crippen LogP contribution in [0.25, 0.3) is 12.2 Å². The normalized spacial score (nSPS) is 10.8. The molecule has 0 bridgehead atoms. The Balaban J connectivity index is 2.30. The summed E-state index contributed by atoms with van der Waals surface area (Å²) in [5.41, 5.74) is 0.995. The lowest BCUT2D eigenvalue weighted by Gasteiger charge is -2.06. The predicted molar refractivity (Wildman–Crippen MR) is 85.7 cm³/mol. The van der Waals surface area contributed by atoms with Crippen molar-refractivity contribution in [2.24, 2.45) is 0 Å². The van der Waals surface area contributed by atoms with Crippen LogP contribution < -0.4 is 14.2 Å². The molecule has 0 saturated heterocycles. The number of nitrogens with zero attached hydrogens (tertiary/aromatic N) is 2. The van der Waals surface area contributed by atoms with Crippen LogP contribution in [-0.2, 0) is 6.54 Å². The second-order valence-electron chi connectivity index (χ2n) is 4.37. The van der Waals surface area contributed by atoms with Crippen molar-refractivity contribution >= 4 is 23.5 Å². The van der Waals surface area contributed by atoms with Crippen LogP contribution in [0.5, 0.6) is 11.5 Å². The summed E-state index contributed by atoms with van der Waals surface area (Å²) >= 11 is 1.65. The maximum Gasteiger partial charge on any atom is 0.289 e. The maximum absolute atomic E-state index is 5.39. The van der Waals surface area contributed by atoms with Crippen LogP contribution in [0.2, 0.25) is 0 Å². The first-order chi connectivity index (χ1) is 10.2. The van der Waals surface area contributed by atoms with Crippen molar-refractivity contribution in [3.05, 3.63) is 46.4 Å². The number of ether oxygens (including phenoxy) is 2. The Morgan fingerprint density at radius 2 is 2.10 bits per heavy atom. The van der Waals surface area contributed by atoms with E-state index in [9.17, 15) is 0 Å². The first kappa shape index (κ1) is 15.3. The number of aromatic nitrogens is 2. The maximum atomic E-state index is 5.39. The van der Waals surface area contributed by atoms with Crippen LogP contribution in [0.4, 0.5) is 0 Å². The Bertz CT molecular complexity index is 662. The van der Waals surface area contributed by atoms with E-state index in [0.717, 1.165) is 27.1 Å². The number of hydrogen-bond donors (Lipinski definition) is 0. The number of aryl methyl sites for hydroxylation is 1. The van der Waals surface area contributed by atoms with Gasteiger partial charge in [-0.15, -0.1) is 0 Å². The van der Waals surface area contributed by atoms with Crippen LogP contribution in [0.1, 0.15) is 15.6 Å². The fourth-order valence-corrected chi connectivity index (χ4v) is 2.73. The predicted octanol–water partition coefficient (Wildman–Crippen LogP) is 3.11. The fourth-order valence-electron chi connectivity index (χ4n) is 1.93. The molecular formula is C16H19N2O2S+. The second kappa shape index (κ2) is 7.04. The van der Waals surface area contributed by atoms with Gasteiger partial charge in [0.15, 0.2) is 11.6 Å². The molecule has 0 aliphatic carbocycles. The van der Waals surface area contributed by atoms with Gasteiger partial charge in [0, 0.05) is 22.8 Å². The van der Waals surface area contributed by atoms with Crippen molar-refractivity contribution in [1.82, 2.24) is 5.10 Å². The molecule has 2 aromatic rings. The van der Waals surface area contributed by atoms with E-state index in [-0.39, 0.29) is 0 Å². The van der Waals surface area contributed by atoms with Gasteiger partial charge in [-0.25, -0.2) is 0 Å². The van der Waals surface area contributed by atoms with Crippen molar-refractivity contribution in [3.63, 3.8) is 0 Å². The lowest BCUT2D eigenvalue weighted by Crippen LogP contribution is -2.37. The Morgan fingerprint density at radius 3 is 2.76 bits per heavy atom. The highest BCUT2D eigenvalue weighted by atomic mass is 32.1. The van der Waals surface area contributed by atoms with E-state index >= 15 is 0 Å². The summed E-state index contributed by atoms with van der Waals surface area (Å²) in [4.78, 5) is 0. The first-order valence-corrected chi connectivity index (χ1v) is 7.38. The zero-order chi connectivity index (χ0) is 15.2. The highest BCUT2D eigenvalue weighted by Crippen LogP contribution is 2.26. The van der Waals surface area contributed by atoms with Crippen LogP contribution in [-0.4, -0.2) is 19.3 Å². The van der Waals surface area contributed by atoms with Gasteiger partial charge in [0.1, 0.15) is 11.5 Å². The second-order valence-corrected chi connectivity index (χ2v) is 5.58. The number of methoxy groups -OCH3 is 2. The molecule has 0 radical (unpaired) electrons. The van der Waals surface area contributed by atoms with E-state index in [1.165, 1.54) is 0 Å². The molecule has 1 aromatic carbocycles.